The molecule has 0 heterocycles. The second-order valence-corrected chi connectivity index (χ2v) is 9.84. The molecule has 152 valence electrons. The number of hydrogen-bond donors (Lipinski definition) is 2. The molecule has 1 aromatic carbocycles. The normalized spacial score (nSPS) is 40.6. The fraction of sp³-hybridized carbons (Fsp3) is 0.696. The van der Waals surface area contributed by atoms with Gasteiger partial charge < -0.3 is 14.7 Å². The predicted octanol–water partition coefficient (Wildman–Crippen LogP) is 3.43. The lowest BCUT2D eigenvalue weighted by Crippen LogP contribution is -2.50. The van der Waals surface area contributed by atoms with Crippen LogP contribution in [-0.4, -0.2) is 23.8 Å². The van der Waals surface area contributed by atoms with Crippen LogP contribution in [0.25, 0.3) is 0 Å². The minimum Gasteiger partial charge on any atom is -0.427 e. The van der Waals surface area contributed by atoms with E-state index in [1.165, 1.54) is 23.6 Å². The largest absolute Gasteiger partial charge is 0.427 e. The zero-order chi connectivity index (χ0) is 19.6. The van der Waals surface area contributed by atoms with E-state index in [1.54, 1.807) is 0 Å². The molecule has 0 amide bonds. The van der Waals surface area contributed by atoms with Crippen molar-refractivity contribution >= 4 is 5.97 Å². The number of aliphatic hydroxyl groups is 1. The highest BCUT2D eigenvalue weighted by atomic mass is 16.6. The predicted molar refractivity (Wildman–Crippen MR) is 105 cm³/mol. The van der Waals surface area contributed by atoms with E-state index in [-0.39, 0.29) is 23.4 Å². The van der Waals surface area contributed by atoms with Crippen LogP contribution in [0, 0.1) is 23.2 Å². The first-order chi connectivity index (χ1) is 13.4. The fourth-order valence-electron chi connectivity index (χ4n) is 7.52. The van der Waals surface area contributed by atoms with Gasteiger partial charge in [0, 0.05) is 12.8 Å². The number of hydrogen-bond acceptors (Lipinski definition) is 5. The van der Waals surface area contributed by atoms with E-state index in [4.69, 9.17) is 15.5 Å². The molecule has 2 unspecified atom stereocenters. The van der Waals surface area contributed by atoms with Gasteiger partial charge in [-0.1, -0.05) is 6.92 Å². The Morgan fingerprint density at radius 3 is 2.89 bits per heavy atom. The molecule has 0 aromatic heterocycles. The summed E-state index contributed by atoms with van der Waals surface area (Å²) in [5, 5.41) is 10.8. The molecule has 4 aliphatic rings. The second kappa shape index (κ2) is 6.54. The first kappa shape index (κ1) is 18.6. The van der Waals surface area contributed by atoms with Crippen molar-refractivity contribution in [2.75, 3.05) is 6.61 Å². The van der Waals surface area contributed by atoms with Gasteiger partial charge in [0.1, 0.15) is 5.75 Å². The number of carbonyl (C=O) groups is 1. The van der Waals surface area contributed by atoms with Crippen molar-refractivity contribution < 1.29 is 19.5 Å². The number of rotatable bonds is 3. The number of nitrogens with two attached hydrogens (primary N) is 1. The monoisotopic (exact) mass is 385 g/mol. The Bertz CT molecular complexity index is 808. The molecule has 5 heteroatoms. The van der Waals surface area contributed by atoms with Gasteiger partial charge in [0.2, 0.25) is 0 Å². The molecule has 28 heavy (non-hydrogen) atoms. The summed E-state index contributed by atoms with van der Waals surface area (Å²) in [7, 11) is 0. The molecule has 5 nitrogen and oxygen atoms in total. The first-order valence-corrected chi connectivity index (χ1v) is 10.8. The Morgan fingerprint density at radius 2 is 2.14 bits per heavy atom. The maximum absolute atomic E-state index is 11.5. The van der Waals surface area contributed by atoms with E-state index in [0.717, 1.165) is 38.5 Å². The Balaban J connectivity index is 1.63. The van der Waals surface area contributed by atoms with E-state index in [9.17, 15) is 9.90 Å². The van der Waals surface area contributed by atoms with Gasteiger partial charge in [-0.05, 0) is 96.4 Å². The van der Waals surface area contributed by atoms with Gasteiger partial charge in [0.15, 0.2) is 0 Å². The van der Waals surface area contributed by atoms with Crippen molar-refractivity contribution in [3.8, 4) is 5.75 Å². The molecule has 3 N–H and O–H groups in total. The highest BCUT2D eigenvalue weighted by molar-refractivity contribution is 5.69. The maximum atomic E-state index is 11.5. The molecule has 0 aliphatic heterocycles. The molecule has 2 saturated carbocycles. The molecule has 1 aromatic rings. The number of benzene rings is 1. The van der Waals surface area contributed by atoms with Gasteiger partial charge in [-0.15, -0.1) is 0 Å². The quantitative estimate of drug-likeness (QED) is 0.473. The third-order valence-electron chi connectivity index (χ3n) is 8.49. The zero-order valence-corrected chi connectivity index (χ0v) is 16.8. The summed E-state index contributed by atoms with van der Waals surface area (Å²) in [4.78, 5) is 16.7. The lowest BCUT2D eigenvalue weighted by atomic mass is 9.48. The molecule has 5 rings (SSSR count). The molecule has 7 atom stereocenters. The first-order valence-electron chi connectivity index (χ1n) is 10.8. The van der Waals surface area contributed by atoms with Crippen LogP contribution >= 0.6 is 0 Å². The van der Waals surface area contributed by atoms with Crippen LogP contribution in [0.5, 0.6) is 5.75 Å². The lowest BCUT2D eigenvalue weighted by Gasteiger charge is -2.57. The van der Waals surface area contributed by atoms with Crippen molar-refractivity contribution in [3.05, 3.63) is 28.8 Å². The molecule has 0 radical (unpaired) electrons. The van der Waals surface area contributed by atoms with Crippen LogP contribution in [0.2, 0.25) is 0 Å². The SMILES string of the molecule is CC(=O)Oc1cc2c3c(c1)[C@H](CON)C[C@@H]1[C@@H]3C(CC2)C[C@]2(C)C(O)CC[C@@H]12. The van der Waals surface area contributed by atoms with E-state index >= 15 is 0 Å². The minimum absolute atomic E-state index is 0.0483. The number of aliphatic hydroxyl groups excluding tert-OH is 1. The van der Waals surface area contributed by atoms with Crippen molar-refractivity contribution in [3.63, 3.8) is 0 Å². The molecule has 4 aliphatic carbocycles. The van der Waals surface area contributed by atoms with E-state index < -0.39 is 0 Å². The smallest absolute Gasteiger partial charge is 0.308 e. The minimum atomic E-state index is -0.283. The van der Waals surface area contributed by atoms with Crippen LogP contribution < -0.4 is 10.6 Å². The van der Waals surface area contributed by atoms with Crippen LogP contribution in [0.1, 0.15) is 74.5 Å². The van der Waals surface area contributed by atoms with Crippen molar-refractivity contribution in [2.45, 2.75) is 70.3 Å². The molecular formula is C23H31NO4. The Labute approximate surface area is 166 Å². The van der Waals surface area contributed by atoms with Crippen LogP contribution in [-0.2, 0) is 16.1 Å². The highest BCUT2D eigenvalue weighted by Gasteiger charge is 2.59. The topological polar surface area (TPSA) is 81.8 Å². The summed E-state index contributed by atoms with van der Waals surface area (Å²) in [6, 6.07) is 4.14. The van der Waals surface area contributed by atoms with Gasteiger partial charge in [0.05, 0.1) is 12.7 Å². The summed E-state index contributed by atoms with van der Waals surface area (Å²) in [5.74, 6) is 8.43. The Morgan fingerprint density at radius 1 is 1.32 bits per heavy atom. The summed E-state index contributed by atoms with van der Waals surface area (Å²) in [6.45, 7) is 4.26. The van der Waals surface area contributed by atoms with Crippen LogP contribution in [0.15, 0.2) is 12.1 Å². The van der Waals surface area contributed by atoms with Gasteiger partial charge in [-0.25, -0.2) is 5.90 Å². The molecule has 2 fully saturated rings. The van der Waals surface area contributed by atoms with Gasteiger partial charge >= 0.3 is 5.97 Å². The number of ether oxygens (including phenoxy) is 1. The highest BCUT2D eigenvalue weighted by Crippen LogP contribution is 2.66. The molecule has 0 saturated heterocycles. The Hall–Kier alpha value is -1.43. The number of aryl methyl sites for hydroxylation is 1. The lowest BCUT2D eigenvalue weighted by molar-refractivity contribution is -0.131. The Kier molecular flexibility index (Phi) is 4.34. The molecule has 0 spiro atoms. The second-order valence-electron chi connectivity index (χ2n) is 9.84. The van der Waals surface area contributed by atoms with Crippen molar-refractivity contribution in [1.82, 2.24) is 0 Å². The summed E-state index contributed by atoms with van der Waals surface area (Å²) >= 11 is 0. The number of fused-ring (bicyclic) bond motifs is 2. The van der Waals surface area contributed by atoms with Gasteiger partial charge in [0.25, 0.3) is 0 Å². The van der Waals surface area contributed by atoms with Crippen LogP contribution in [0.4, 0.5) is 0 Å². The molecule has 0 bridgehead atoms. The summed E-state index contributed by atoms with van der Waals surface area (Å²) < 4.78 is 5.46. The van der Waals surface area contributed by atoms with E-state index in [2.05, 4.69) is 19.1 Å². The summed E-state index contributed by atoms with van der Waals surface area (Å²) in [5.41, 5.74) is 4.14. The zero-order valence-electron chi connectivity index (χ0n) is 16.8. The number of esters is 1. The molecular weight excluding hydrogens is 354 g/mol. The fourth-order valence-corrected chi connectivity index (χ4v) is 7.52. The van der Waals surface area contributed by atoms with Crippen molar-refractivity contribution in [2.24, 2.45) is 29.1 Å². The average Bonchev–Trinajstić information content (AvgIpc) is 2.94. The van der Waals surface area contributed by atoms with Crippen LogP contribution in [0.3, 0.4) is 0 Å². The third kappa shape index (κ3) is 2.59. The number of carbonyl (C=O) groups excluding carboxylic acids is 1. The van der Waals surface area contributed by atoms with Gasteiger partial charge in [-0.3, -0.25) is 4.79 Å². The van der Waals surface area contributed by atoms with E-state index in [1.807, 2.05) is 0 Å². The average molecular weight is 386 g/mol. The maximum Gasteiger partial charge on any atom is 0.308 e. The van der Waals surface area contributed by atoms with Gasteiger partial charge in [-0.2, -0.15) is 0 Å². The van der Waals surface area contributed by atoms with Crippen molar-refractivity contribution in [1.29, 1.82) is 0 Å². The standard InChI is InChI=1S/C23H31NO4/c1-12(25)28-16-7-13-3-4-14-10-23(2)19(5-6-20(23)26)18-8-15(11-27-24)17(9-16)21(13)22(14)18/h7,9,14-15,18-20,22,26H,3-6,8,10-11,24H2,1-2H3/t14?,15-,18-,19-,20?,22-,23-/m0/s1. The summed E-state index contributed by atoms with van der Waals surface area (Å²) in [6.07, 6.45) is 6.22. The van der Waals surface area contributed by atoms with E-state index in [0.29, 0.717) is 36.0 Å². The third-order valence-corrected chi connectivity index (χ3v) is 8.49.